The van der Waals surface area contributed by atoms with Gasteiger partial charge in [-0.15, -0.1) is 0 Å². The van der Waals surface area contributed by atoms with Crippen LogP contribution in [0.3, 0.4) is 0 Å². The molecule has 0 heterocycles. The van der Waals surface area contributed by atoms with E-state index >= 15 is 0 Å². The van der Waals surface area contributed by atoms with Gasteiger partial charge in [0.1, 0.15) is 5.82 Å². The molecule has 0 atom stereocenters. The Balaban J connectivity index is 2.27. The lowest BCUT2D eigenvalue weighted by molar-refractivity contribution is 0.274. The summed E-state index contributed by atoms with van der Waals surface area (Å²) in [6.07, 6.45) is 0. The average Bonchev–Trinajstić information content (AvgIpc) is 2.61. The molecular weight excluding hydrogens is 437 g/mol. The molecule has 0 saturated carbocycles. The molecule has 0 aromatic heterocycles. The highest BCUT2D eigenvalue weighted by atomic mass is 79.9. The molecule has 2 N–H and O–H groups in total. The molecule has 28 heavy (non-hydrogen) atoms. The first-order chi connectivity index (χ1) is 12.9. The van der Waals surface area contributed by atoms with Crippen molar-refractivity contribution in [2.24, 2.45) is 5.84 Å². The monoisotopic (exact) mass is 463 g/mol. The molecular formula is C21H27BrFN3OSi. The summed E-state index contributed by atoms with van der Waals surface area (Å²) in [6, 6.07) is 12.1. The highest BCUT2D eigenvalue weighted by Gasteiger charge is 2.37. The third-order valence-corrected chi connectivity index (χ3v) is 10.5. The van der Waals surface area contributed by atoms with Crippen molar-refractivity contribution < 1.29 is 8.82 Å². The fourth-order valence-electron chi connectivity index (χ4n) is 2.43. The third kappa shape index (κ3) is 5.42. The van der Waals surface area contributed by atoms with Gasteiger partial charge in [-0.1, -0.05) is 36.7 Å². The van der Waals surface area contributed by atoms with Crippen LogP contribution in [0.4, 0.5) is 10.1 Å². The molecule has 2 aromatic carbocycles. The van der Waals surface area contributed by atoms with Crippen molar-refractivity contribution in [3.8, 4) is 6.07 Å². The first-order valence-corrected chi connectivity index (χ1v) is 12.8. The lowest BCUT2D eigenvalue weighted by atomic mass is 10.1. The largest absolute Gasteiger partial charge is 0.413 e. The molecule has 0 aliphatic carbocycles. The Morgan fingerprint density at radius 1 is 1.21 bits per heavy atom. The van der Waals surface area contributed by atoms with E-state index in [0.717, 1.165) is 16.8 Å². The fourth-order valence-corrected chi connectivity index (χ4v) is 3.97. The van der Waals surface area contributed by atoms with Crippen LogP contribution < -0.4 is 10.9 Å². The molecule has 0 bridgehead atoms. The van der Waals surface area contributed by atoms with E-state index in [9.17, 15) is 4.39 Å². The van der Waals surface area contributed by atoms with Gasteiger partial charge in [-0.25, -0.2) is 10.2 Å². The van der Waals surface area contributed by atoms with Gasteiger partial charge in [0.15, 0.2) is 8.32 Å². The Hall–Kier alpha value is -1.72. The van der Waals surface area contributed by atoms with Gasteiger partial charge in [0, 0.05) is 4.47 Å². The highest BCUT2D eigenvalue weighted by molar-refractivity contribution is 9.10. The Bertz CT molecular complexity index is 873. The molecule has 0 spiro atoms. The van der Waals surface area contributed by atoms with Crippen LogP contribution in [0.2, 0.25) is 18.1 Å². The Labute approximate surface area is 176 Å². The number of hydrogen-bond donors (Lipinski definition) is 1. The molecule has 0 radical (unpaired) electrons. The van der Waals surface area contributed by atoms with Crippen molar-refractivity contribution >= 4 is 29.9 Å². The predicted octanol–water partition coefficient (Wildman–Crippen LogP) is 5.86. The first kappa shape index (κ1) is 22.6. The Kier molecular flexibility index (Phi) is 7.05. The fraction of sp³-hybridized carbons (Fsp3) is 0.381. The summed E-state index contributed by atoms with van der Waals surface area (Å²) >= 11 is 3.47. The summed E-state index contributed by atoms with van der Waals surface area (Å²) in [7, 11) is -1.97. The SMILES string of the molecule is CC(C)(C)[Si](C)(C)OCc1cc(F)cc(Br)c1CN(N)c1ccc(C#N)cc1. The molecule has 2 rings (SSSR count). The van der Waals surface area contributed by atoms with Gasteiger partial charge in [-0.2, -0.15) is 5.26 Å². The second kappa shape index (κ2) is 8.74. The van der Waals surface area contributed by atoms with Crippen LogP contribution in [-0.4, -0.2) is 8.32 Å². The second-order valence-electron chi connectivity index (χ2n) is 8.36. The molecule has 7 heteroatoms. The van der Waals surface area contributed by atoms with E-state index < -0.39 is 8.32 Å². The van der Waals surface area contributed by atoms with Gasteiger partial charge in [0.25, 0.3) is 0 Å². The van der Waals surface area contributed by atoms with E-state index in [2.05, 4.69) is 55.9 Å². The van der Waals surface area contributed by atoms with Crippen LogP contribution in [0.25, 0.3) is 0 Å². The van der Waals surface area contributed by atoms with E-state index in [1.807, 2.05) is 0 Å². The van der Waals surface area contributed by atoms with E-state index in [-0.39, 0.29) is 10.9 Å². The van der Waals surface area contributed by atoms with Crippen LogP contribution in [-0.2, 0) is 17.6 Å². The maximum Gasteiger partial charge on any atom is 0.192 e. The summed E-state index contributed by atoms with van der Waals surface area (Å²) in [5.41, 5.74) is 3.00. The lowest BCUT2D eigenvalue weighted by Gasteiger charge is -2.36. The average molecular weight is 464 g/mol. The zero-order chi connectivity index (χ0) is 21.1. The van der Waals surface area contributed by atoms with E-state index in [1.54, 1.807) is 29.3 Å². The molecule has 0 saturated heterocycles. The zero-order valence-electron chi connectivity index (χ0n) is 17.0. The van der Waals surface area contributed by atoms with Crippen molar-refractivity contribution in [1.82, 2.24) is 0 Å². The van der Waals surface area contributed by atoms with Crippen LogP contribution in [0, 0.1) is 17.1 Å². The van der Waals surface area contributed by atoms with Gasteiger partial charge in [0.05, 0.1) is 30.5 Å². The molecule has 0 aliphatic heterocycles. The number of halogens is 2. The third-order valence-electron chi connectivity index (χ3n) is 5.30. The number of hydrazine groups is 1. The maximum atomic E-state index is 14.1. The molecule has 150 valence electrons. The molecule has 2 aromatic rings. The highest BCUT2D eigenvalue weighted by Crippen LogP contribution is 2.37. The van der Waals surface area contributed by atoms with Gasteiger partial charge in [-0.3, -0.25) is 0 Å². The first-order valence-electron chi connectivity index (χ1n) is 9.08. The molecule has 0 aliphatic rings. The number of nitriles is 1. The van der Waals surface area contributed by atoms with Crippen molar-refractivity contribution in [2.45, 2.75) is 52.1 Å². The van der Waals surface area contributed by atoms with Crippen LogP contribution in [0.5, 0.6) is 0 Å². The van der Waals surface area contributed by atoms with Gasteiger partial charge in [-0.05, 0) is 65.7 Å². The van der Waals surface area contributed by atoms with Gasteiger partial charge >= 0.3 is 0 Å². The van der Waals surface area contributed by atoms with E-state index in [1.165, 1.54) is 12.1 Å². The van der Waals surface area contributed by atoms with Crippen LogP contribution in [0.15, 0.2) is 40.9 Å². The van der Waals surface area contributed by atoms with Gasteiger partial charge < -0.3 is 9.43 Å². The predicted molar refractivity (Wildman–Crippen MR) is 118 cm³/mol. The van der Waals surface area contributed by atoms with Crippen molar-refractivity contribution in [2.75, 3.05) is 5.01 Å². The molecule has 0 amide bonds. The minimum Gasteiger partial charge on any atom is -0.413 e. The summed E-state index contributed by atoms with van der Waals surface area (Å²) in [5, 5.41) is 10.6. The maximum absolute atomic E-state index is 14.1. The zero-order valence-corrected chi connectivity index (χ0v) is 19.6. The summed E-state index contributed by atoms with van der Waals surface area (Å²) in [5.74, 6) is 5.94. The quantitative estimate of drug-likeness (QED) is 0.330. The van der Waals surface area contributed by atoms with Crippen molar-refractivity contribution in [3.63, 3.8) is 0 Å². The Morgan fingerprint density at radius 2 is 1.82 bits per heavy atom. The van der Waals surface area contributed by atoms with E-state index in [4.69, 9.17) is 15.5 Å². The van der Waals surface area contributed by atoms with Crippen LogP contribution in [0.1, 0.15) is 37.5 Å². The molecule has 0 unspecified atom stereocenters. The van der Waals surface area contributed by atoms with E-state index in [0.29, 0.717) is 23.2 Å². The standard InChI is InChI=1S/C21H27BrFN3OSi/c1-21(2,3)28(4,5)27-14-16-10-17(23)11-20(22)19(16)13-26(25)18-8-6-15(12-24)7-9-18/h6-11H,13-14,25H2,1-5H3. The normalized spacial score (nSPS) is 12.0. The van der Waals surface area contributed by atoms with Crippen molar-refractivity contribution in [3.05, 3.63) is 63.4 Å². The number of rotatable bonds is 6. The summed E-state index contributed by atoms with van der Waals surface area (Å²) < 4.78 is 21.0. The summed E-state index contributed by atoms with van der Waals surface area (Å²) in [6.45, 7) is 11.6. The van der Waals surface area contributed by atoms with Crippen molar-refractivity contribution in [1.29, 1.82) is 5.26 Å². The number of benzene rings is 2. The number of nitrogens with zero attached hydrogens (tertiary/aromatic N) is 2. The smallest absolute Gasteiger partial charge is 0.192 e. The Morgan fingerprint density at radius 3 is 2.36 bits per heavy atom. The number of nitrogens with two attached hydrogens (primary N) is 1. The van der Waals surface area contributed by atoms with Crippen LogP contribution >= 0.6 is 15.9 Å². The molecule has 0 fully saturated rings. The topological polar surface area (TPSA) is 62.3 Å². The summed E-state index contributed by atoms with van der Waals surface area (Å²) in [4.78, 5) is 0. The lowest BCUT2D eigenvalue weighted by Crippen LogP contribution is -2.40. The second-order valence-corrected chi connectivity index (χ2v) is 14.0. The minimum absolute atomic E-state index is 0.0696. The minimum atomic E-state index is -1.97. The van der Waals surface area contributed by atoms with Gasteiger partial charge in [0.2, 0.25) is 0 Å². The molecule has 4 nitrogen and oxygen atoms in total. The number of anilines is 1. The number of hydrogen-bond acceptors (Lipinski definition) is 4.